The molecule has 3 aromatic rings. The zero-order valence-electron chi connectivity index (χ0n) is 15.1. The molecule has 0 fully saturated rings. The molecule has 1 atom stereocenters. The van der Waals surface area contributed by atoms with Gasteiger partial charge in [0.25, 0.3) is 0 Å². The molecule has 1 unspecified atom stereocenters. The molecule has 1 heterocycles. The highest BCUT2D eigenvalue weighted by Gasteiger charge is 2.22. The lowest BCUT2D eigenvalue weighted by molar-refractivity contribution is -0.137. The van der Waals surface area contributed by atoms with Crippen molar-refractivity contribution in [1.29, 1.82) is 0 Å². The highest BCUT2D eigenvalue weighted by Crippen LogP contribution is 2.37. The molecule has 6 heteroatoms. The van der Waals surface area contributed by atoms with Gasteiger partial charge in [0.05, 0.1) is 13.0 Å². The van der Waals surface area contributed by atoms with Crippen LogP contribution in [0.5, 0.6) is 5.75 Å². The van der Waals surface area contributed by atoms with Crippen molar-refractivity contribution >= 4 is 28.9 Å². The maximum Gasteiger partial charge on any atom is 0.304 e. The molecular formula is C21H20ClNO3S. The number of carbonyl (C=O) groups is 1. The molecule has 3 rings (SSSR count). The number of thiazole rings is 1. The first-order valence-corrected chi connectivity index (χ1v) is 9.84. The summed E-state index contributed by atoms with van der Waals surface area (Å²) >= 11 is 7.91. The van der Waals surface area contributed by atoms with E-state index in [4.69, 9.17) is 16.3 Å². The van der Waals surface area contributed by atoms with Crippen molar-refractivity contribution in [2.24, 2.45) is 0 Å². The third-order valence-corrected chi connectivity index (χ3v) is 5.38. The van der Waals surface area contributed by atoms with Crippen molar-refractivity contribution in [1.82, 2.24) is 4.98 Å². The normalized spacial score (nSPS) is 12.0. The Morgan fingerprint density at radius 2 is 2.07 bits per heavy atom. The van der Waals surface area contributed by atoms with Gasteiger partial charge in [-0.3, -0.25) is 4.79 Å². The number of halogens is 1. The standard InChI is InChI=1S/C21H20ClNO3S/c1-3-26-19-7-5-4-6-17(19)14-8-15(10-16(22)9-14)18(11-20(24)25)21-23-12-13(2)27-21/h4-10,12,18H,3,11H2,1-2H3,(H,24,25). The minimum absolute atomic E-state index is 0.0418. The molecule has 0 aliphatic heterocycles. The summed E-state index contributed by atoms with van der Waals surface area (Å²) in [5, 5.41) is 10.7. The average molecular weight is 402 g/mol. The van der Waals surface area contributed by atoms with Crippen molar-refractivity contribution in [2.75, 3.05) is 6.61 Å². The molecule has 0 aliphatic carbocycles. The van der Waals surface area contributed by atoms with Gasteiger partial charge in [0.2, 0.25) is 0 Å². The van der Waals surface area contributed by atoms with Crippen LogP contribution in [0, 0.1) is 6.92 Å². The van der Waals surface area contributed by atoms with E-state index in [1.807, 2.05) is 56.3 Å². The quantitative estimate of drug-likeness (QED) is 0.545. The number of aromatic nitrogens is 1. The fourth-order valence-electron chi connectivity index (χ4n) is 3.01. The lowest BCUT2D eigenvalue weighted by Gasteiger charge is -2.16. The van der Waals surface area contributed by atoms with Crippen LogP contribution in [0.3, 0.4) is 0 Å². The molecule has 27 heavy (non-hydrogen) atoms. The van der Waals surface area contributed by atoms with Crippen LogP contribution in [0.2, 0.25) is 5.02 Å². The Labute approximate surface area is 167 Å². The Bertz CT molecular complexity index is 954. The summed E-state index contributed by atoms with van der Waals surface area (Å²) in [5.41, 5.74) is 2.65. The van der Waals surface area contributed by atoms with Gasteiger partial charge in [-0.15, -0.1) is 11.3 Å². The number of ether oxygens (including phenoxy) is 1. The molecule has 0 spiro atoms. The summed E-state index contributed by atoms with van der Waals surface area (Å²) in [4.78, 5) is 16.9. The van der Waals surface area contributed by atoms with E-state index in [2.05, 4.69) is 4.98 Å². The Morgan fingerprint density at radius 1 is 1.30 bits per heavy atom. The fraction of sp³-hybridized carbons (Fsp3) is 0.238. The highest BCUT2D eigenvalue weighted by molar-refractivity contribution is 7.11. The average Bonchev–Trinajstić information content (AvgIpc) is 3.06. The molecule has 0 amide bonds. The summed E-state index contributed by atoms with van der Waals surface area (Å²) in [6.45, 7) is 4.46. The van der Waals surface area contributed by atoms with Crippen molar-refractivity contribution in [3.8, 4) is 16.9 Å². The van der Waals surface area contributed by atoms with Crippen molar-refractivity contribution < 1.29 is 14.6 Å². The van der Waals surface area contributed by atoms with Gasteiger partial charge >= 0.3 is 5.97 Å². The van der Waals surface area contributed by atoms with E-state index in [0.717, 1.165) is 32.3 Å². The van der Waals surface area contributed by atoms with Crippen LogP contribution in [0.1, 0.15) is 34.7 Å². The van der Waals surface area contributed by atoms with Crippen LogP contribution >= 0.6 is 22.9 Å². The van der Waals surface area contributed by atoms with Gasteiger partial charge in [0, 0.05) is 27.6 Å². The molecule has 0 saturated heterocycles. The monoisotopic (exact) mass is 401 g/mol. The molecule has 0 saturated carbocycles. The molecule has 1 N–H and O–H groups in total. The zero-order valence-corrected chi connectivity index (χ0v) is 16.7. The Kier molecular flexibility index (Phi) is 6.14. The topological polar surface area (TPSA) is 59.4 Å². The second-order valence-corrected chi connectivity index (χ2v) is 7.86. The van der Waals surface area contributed by atoms with Crippen molar-refractivity contribution in [3.05, 3.63) is 69.1 Å². The number of carboxylic acid groups (broad SMARTS) is 1. The number of nitrogens with zero attached hydrogens (tertiary/aromatic N) is 1. The predicted molar refractivity (Wildman–Crippen MR) is 109 cm³/mol. The maximum atomic E-state index is 11.5. The van der Waals surface area contributed by atoms with Crippen LogP contribution in [-0.2, 0) is 4.79 Å². The smallest absolute Gasteiger partial charge is 0.304 e. The predicted octanol–water partition coefficient (Wildman–Crippen LogP) is 5.78. The van der Waals surface area contributed by atoms with Crippen LogP contribution in [0.25, 0.3) is 11.1 Å². The second kappa shape index (κ2) is 8.55. The number of para-hydroxylation sites is 1. The van der Waals surface area contributed by atoms with Crippen LogP contribution in [0.4, 0.5) is 0 Å². The first kappa shape index (κ1) is 19.4. The SMILES string of the molecule is CCOc1ccccc1-c1cc(Cl)cc(C(CC(=O)O)c2ncc(C)s2)c1. The van der Waals surface area contributed by atoms with Crippen molar-refractivity contribution in [3.63, 3.8) is 0 Å². The molecule has 2 aromatic carbocycles. The van der Waals surface area contributed by atoms with E-state index < -0.39 is 5.97 Å². The maximum absolute atomic E-state index is 11.5. The van der Waals surface area contributed by atoms with E-state index >= 15 is 0 Å². The second-order valence-electron chi connectivity index (χ2n) is 6.16. The number of aliphatic carboxylic acids is 1. The summed E-state index contributed by atoms with van der Waals surface area (Å²) in [7, 11) is 0. The number of hydrogen-bond acceptors (Lipinski definition) is 4. The summed E-state index contributed by atoms with van der Waals surface area (Å²) in [6.07, 6.45) is 1.73. The van der Waals surface area contributed by atoms with Crippen LogP contribution < -0.4 is 4.74 Å². The van der Waals surface area contributed by atoms with Crippen LogP contribution in [-0.4, -0.2) is 22.7 Å². The zero-order chi connectivity index (χ0) is 19.4. The number of hydrogen-bond donors (Lipinski definition) is 1. The number of rotatable bonds is 7. The fourth-order valence-corrected chi connectivity index (χ4v) is 4.16. The van der Waals surface area contributed by atoms with Gasteiger partial charge in [-0.25, -0.2) is 4.98 Å². The molecule has 1 aromatic heterocycles. The molecular weight excluding hydrogens is 382 g/mol. The molecule has 4 nitrogen and oxygen atoms in total. The first-order valence-electron chi connectivity index (χ1n) is 8.64. The van der Waals surface area contributed by atoms with Gasteiger partial charge < -0.3 is 9.84 Å². The molecule has 0 bridgehead atoms. The lowest BCUT2D eigenvalue weighted by Crippen LogP contribution is -2.08. The Hall–Kier alpha value is -2.37. The van der Waals surface area contributed by atoms with Crippen LogP contribution in [0.15, 0.2) is 48.7 Å². The van der Waals surface area contributed by atoms with Gasteiger partial charge in [-0.05, 0) is 43.2 Å². The van der Waals surface area contributed by atoms with E-state index in [1.54, 1.807) is 6.20 Å². The molecule has 0 radical (unpaired) electrons. The summed E-state index contributed by atoms with van der Waals surface area (Å²) in [6, 6.07) is 13.4. The third kappa shape index (κ3) is 4.67. The molecule has 140 valence electrons. The first-order chi connectivity index (χ1) is 13.0. The van der Waals surface area contributed by atoms with E-state index in [1.165, 1.54) is 11.3 Å². The minimum Gasteiger partial charge on any atom is -0.493 e. The van der Waals surface area contributed by atoms with Gasteiger partial charge in [0.15, 0.2) is 0 Å². The largest absolute Gasteiger partial charge is 0.493 e. The van der Waals surface area contributed by atoms with E-state index in [9.17, 15) is 9.90 Å². The number of benzene rings is 2. The van der Waals surface area contributed by atoms with Gasteiger partial charge in [-0.1, -0.05) is 35.9 Å². The summed E-state index contributed by atoms with van der Waals surface area (Å²) < 4.78 is 5.74. The third-order valence-electron chi connectivity index (χ3n) is 4.14. The van der Waals surface area contributed by atoms with Gasteiger partial charge in [-0.2, -0.15) is 0 Å². The lowest BCUT2D eigenvalue weighted by atomic mass is 9.92. The summed E-state index contributed by atoms with van der Waals surface area (Å²) in [5.74, 6) is -0.449. The van der Waals surface area contributed by atoms with Gasteiger partial charge in [0.1, 0.15) is 10.8 Å². The van der Waals surface area contributed by atoms with E-state index in [0.29, 0.717) is 11.6 Å². The molecule has 0 aliphatic rings. The Balaban J connectivity index is 2.09. The Morgan fingerprint density at radius 3 is 2.74 bits per heavy atom. The number of aryl methyl sites for hydroxylation is 1. The van der Waals surface area contributed by atoms with Crippen molar-refractivity contribution in [2.45, 2.75) is 26.2 Å². The van der Waals surface area contributed by atoms with E-state index in [-0.39, 0.29) is 12.3 Å². The highest BCUT2D eigenvalue weighted by atomic mass is 35.5. The minimum atomic E-state index is -0.871. The number of carboxylic acids is 1.